The molecule has 1 aromatic carbocycles. The number of nitrogen functional groups attached to an aromatic ring is 1. The van der Waals surface area contributed by atoms with Crippen LogP contribution in [0.5, 0.6) is 0 Å². The molecule has 0 aliphatic rings. The summed E-state index contributed by atoms with van der Waals surface area (Å²) in [5.41, 5.74) is 5.03. The van der Waals surface area contributed by atoms with Crippen LogP contribution in [0.25, 0.3) is 6.08 Å². The molecule has 0 spiro atoms. The van der Waals surface area contributed by atoms with Crippen LogP contribution in [0.4, 0.5) is 19.3 Å². The Hall–Kier alpha value is -2.11. The average Bonchev–Trinajstić information content (AvgIpc) is 2.31. The Morgan fingerprint density at radius 1 is 1.40 bits per heavy atom. The highest BCUT2D eigenvalue weighted by molar-refractivity contribution is 5.69. The topological polar surface area (TPSA) is 64.3 Å². The maximum absolute atomic E-state index is 13.5. The maximum atomic E-state index is 13.5. The Labute approximate surface area is 116 Å². The number of alkyl carbamates (subject to hydrolysis) is 1. The molecule has 0 saturated carbocycles. The van der Waals surface area contributed by atoms with Gasteiger partial charge in [-0.3, -0.25) is 0 Å². The van der Waals surface area contributed by atoms with Crippen molar-refractivity contribution in [2.45, 2.75) is 26.4 Å². The predicted molar refractivity (Wildman–Crippen MR) is 74.0 cm³/mol. The predicted octanol–water partition coefficient (Wildman–Crippen LogP) is 3.08. The Kier molecular flexibility index (Phi) is 5.07. The van der Waals surface area contributed by atoms with E-state index in [9.17, 15) is 13.6 Å². The molecule has 0 aliphatic heterocycles. The minimum Gasteiger partial charge on any atom is -0.444 e. The van der Waals surface area contributed by atoms with E-state index < -0.39 is 23.3 Å². The molecule has 110 valence electrons. The molecule has 0 atom stereocenters. The van der Waals surface area contributed by atoms with Crippen LogP contribution in [0, 0.1) is 11.6 Å². The van der Waals surface area contributed by atoms with Crippen molar-refractivity contribution in [2.24, 2.45) is 0 Å². The molecule has 0 fully saturated rings. The fourth-order valence-corrected chi connectivity index (χ4v) is 1.38. The van der Waals surface area contributed by atoms with Gasteiger partial charge in [-0.15, -0.1) is 0 Å². The van der Waals surface area contributed by atoms with E-state index in [1.165, 1.54) is 18.2 Å². The second-order valence-corrected chi connectivity index (χ2v) is 5.15. The standard InChI is InChI=1S/C14H18F2N2O2/c1-14(2,3)20-13(19)18-8-4-5-9-11(17)7-6-10(15)12(9)16/h4-7H,8,17H2,1-3H3,(H,18,19). The molecule has 1 rings (SSSR count). The van der Waals surface area contributed by atoms with Gasteiger partial charge < -0.3 is 15.8 Å². The number of carbonyl (C=O) groups excluding carboxylic acids is 1. The molecule has 0 unspecified atom stereocenters. The Morgan fingerprint density at radius 2 is 2.05 bits per heavy atom. The van der Waals surface area contributed by atoms with Crippen molar-refractivity contribution in [3.8, 4) is 0 Å². The number of anilines is 1. The second kappa shape index (κ2) is 6.36. The lowest BCUT2D eigenvalue weighted by molar-refractivity contribution is 0.0534. The maximum Gasteiger partial charge on any atom is 0.407 e. The number of hydrogen-bond donors (Lipinski definition) is 2. The van der Waals surface area contributed by atoms with E-state index in [4.69, 9.17) is 10.5 Å². The average molecular weight is 284 g/mol. The summed E-state index contributed by atoms with van der Waals surface area (Å²) in [5.74, 6) is -1.99. The van der Waals surface area contributed by atoms with E-state index in [0.717, 1.165) is 6.07 Å². The van der Waals surface area contributed by atoms with Crippen molar-refractivity contribution in [2.75, 3.05) is 12.3 Å². The first-order valence-electron chi connectivity index (χ1n) is 6.07. The minimum absolute atomic E-state index is 0.0454. The van der Waals surface area contributed by atoms with E-state index in [1.54, 1.807) is 20.8 Å². The van der Waals surface area contributed by atoms with Gasteiger partial charge in [-0.1, -0.05) is 12.2 Å². The number of benzene rings is 1. The van der Waals surface area contributed by atoms with Gasteiger partial charge in [-0.2, -0.15) is 0 Å². The zero-order valence-electron chi connectivity index (χ0n) is 11.7. The zero-order valence-corrected chi connectivity index (χ0v) is 11.7. The number of rotatable bonds is 3. The number of carbonyl (C=O) groups is 1. The highest BCUT2D eigenvalue weighted by Gasteiger charge is 2.15. The lowest BCUT2D eigenvalue weighted by Crippen LogP contribution is -2.32. The third-order valence-electron chi connectivity index (χ3n) is 2.21. The summed E-state index contributed by atoms with van der Waals surface area (Å²) >= 11 is 0. The van der Waals surface area contributed by atoms with Crippen molar-refractivity contribution in [3.05, 3.63) is 35.4 Å². The van der Waals surface area contributed by atoms with Crippen LogP contribution in [0.15, 0.2) is 18.2 Å². The molecular weight excluding hydrogens is 266 g/mol. The number of ether oxygens (including phenoxy) is 1. The highest BCUT2D eigenvalue weighted by Crippen LogP contribution is 2.20. The molecular formula is C14H18F2N2O2. The van der Waals surface area contributed by atoms with Gasteiger partial charge in [-0.05, 0) is 32.9 Å². The summed E-state index contributed by atoms with van der Waals surface area (Å²) in [6, 6.07) is 2.24. The van der Waals surface area contributed by atoms with Gasteiger partial charge >= 0.3 is 6.09 Å². The Balaban J connectivity index is 2.59. The number of amides is 1. The van der Waals surface area contributed by atoms with Gasteiger partial charge in [0, 0.05) is 17.8 Å². The van der Waals surface area contributed by atoms with E-state index in [2.05, 4.69) is 5.32 Å². The highest BCUT2D eigenvalue weighted by atomic mass is 19.2. The third-order valence-corrected chi connectivity index (χ3v) is 2.21. The number of nitrogens with two attached hydrogens (primary N) is 1. The van der Waals surface area contributed by atoms with Crippen molar-refractivity contribution < 1.29 is 18.3 Å². The molecule has 4 nitrogen and oxygen atoms in total. The second-order valence-electron chi connectivity index (χ2n) is 5.15. The lowest BCUT2D eigenvalue weighted by atomic mass is 10.1. The molecule has 20 heavy (non-hydrogen) atoms. The fraction of sp³-hybridized carbons (Fsp3) is 0.357. The summed E-state index contributed by atoms with van der Waals surface area (Å²) in [5, 5.41) is 2.46. The van der Waals surface area contributed by atoms with Gasteiger partial charge in [0.2, 0.25) is 0 Å². The van der Waals surface area contributed by atoms with Crippen LogP contribution in [0.1, 0.15) is 26.3 Å². The van der Waals surface area contributed by atoms with E-state index in [-0.39, 0.29) is 17.8 Å². The summed E-state index contributed by atoms with van der Waals surface area (Å²) in [6.45, 7) is 5.34. The quantitative estimate of drug-likeness (QED) is 0.838. The molecule has 0 aliphatic carbocycles. The first kappa shape index (κ1) is 15.9. The van der Waals surface area contributed by atoms with Crippen LogP contribution in [0.2, 0.25) is 0 Å². The van der Waals surface area contributed by atoms with Crippen LogP contribution >= 0.6 is 0 Å². The van der Waals surface area contributed by atoms with E-state index in [0.29, 0.717) is 0 Å². The molecule has 0 saturated heterocycles. The molecule has 0 bridgehead atoms. The summed E-state index contributed by atoms with van der Waals surface area (Å²) in [7, 11) is 0. The monoisotopic (exact) mass is 284 g/mol. The largest absolute Gasteiger partial charge is 0.444 e. The Bertz CT molecular complexity index is 523. The molecule has 3 N–H and O–H groups in total. The smallest absolute Gasteiger partial charge is 0.407 e. The van der Waals surface area contributed by atoms with Gasteiger partial charge in [0.1, 0.15) is 5.60 Å². The minimum atomic E-state index is -1.02. The van der Waals surface area contributed by atoms with Crippen LogP contribution in [-0.2, 0) is 4.74 Å². The van der Waals surface area contributed by atoms with Gasteiger partial charge in [0.15, 0.2) is 11.6 Å². The number of halogens is 2. The van der Waals surface area contributed by atoms with Crippen molar-refractivity contribution in [1.82, 2.24) is 5.32 Å². The normalized spacial score (nSPS) is 11.7. The van der Waals surface area contributed by atoms with Crippen LogP contribution < -0.4 is 11.1 Å². The summed E-state index contributed by atoms with van der Waals surface area (Å²) < 4.78 is 31.5. The van der Waals surface area contributed by atoms with Crippen molar-refractivity contribution in [1.29, 1.82) is 0 Å². The first-order valence-corrected chi connectivity index (χ1v) is 6.07. The van der Waals surface area contributed by atoms with Crippen molar-refractivity contribution >= 4 is 17.9 Å². The molecule has 0 radical (unpaired) electrons. The van der Waals surface area contributed by atoms with Crippen LogP contribution in [0.3, 0.4) is 0 Å². The molecule has 6 heteroatoms. The van der Waals surface area contributed by atoms with Crippen LogP contribution in [-0.4, -0.2) is 18.2 Å². The van der Waals surface area contributed by atoms with Gasteiger partial charge in [0.25, 0.3) is 0 Å². The number of hydrogen-bond acceptors (Lipinski definition) is 3. The van der Waals surface area contributed by atoms with Crippen molar-refractivity contribution in [3.63, 3.8) is 0 Å². The van der Waals surface area contributed by atoms with Gasteiger partial charge in [-0.25, -0.2) is 13.6 Å². The number of nitrogens with one attached hydrogen (secondary N) is 1. The van der Waals surface area contributed by atoms with E-state index >= 15 is 0 Å². The van der Waals surface area contributed by atoms with E-state index in [1.807, 2.05) is 0 Å². The third kappa shape index (κ3) is 4.87. The zero-order chi connectivity index (χ0) is 15.3. The van der Waals surface area contributed by atoms with Gasteiger partial charge in [0.05, 0.1) is 0 Å². The Morgan fingerprint density at radius 3 is 2.65 bits per heavy atom. The fourth-order valence-electron chi connectivity index (χ4n) is 1.38. The molecule has 1 amide bonds. The first-order chi connectivity index (χ1) is 9.20. The molecule has 0 aromatic heterocycles. The molecule has 1 aromatic rings. The summed E-state index contributed by atoms with van der Waals surface area (Å²) in [4.78, 5) is 11.3. The molecule has 0 heterocycles. The SMILES string of the molecule is CC(C)(C)OC(=O)NCC=Cc1c(N)ccc(F)c1F. The summed E-state index contributed by atoms with van der Waals surface area (Å²) in [6.07, 6.45) is 2.18. The lowest BCUT2D eigenvalue weighted by Gasteiger charge is -2.19.